The molecule has 214 valence electrons. The highest BCUT2D eigenvalue weighted by atomic mass is 16.5. The molecule has 1 heterocycles. The van der Waals surface area contributed by atoms with Crippen molar-refractivity contribution in [3.8, 4) is 56.0 Å². The maximum Gasteiger partial charge on any atom is 0.193 e. The fourth-order valence-corrected chi connectivity index (χ4v) is 8.22. The van der Waals surface area contributed by atoms with Gasteiger partial charge in [-0.2, -0.15) is 0 Å². The molecule has 7 aromatic rings. The van der Waals surface area contributed by atoms with E-state index >= 15 is 0 Å². The molecule has 1 aliphatic heterocycles. The number of rotatable bonds is 2. The molecule has 0 unspecified atom stereocenters. The summed E-state index contributed by atoms with van der Waals surface area (Å²) >= 11 is 0. The van der Waals surface area contributed by atoms with Crippen LogP contribution in [-0.2, 0) is 5.41 Å². The Labute approximate surface area is 267 Å². The maximum absolute atomic E-state index is 14.5. The Bertz CT molecular complexity index is 2370. The minimum Gasteiger partial charge on any atom is -0.456 e. The zero-order valence-corrected chi connectivity index (χ0v) is 24.8. The van der Waals surface area contributed by atoms with Crippen molar-refractivity contribution in [1.82, 2.24) is 0 Å². The first-order chi connectivity index (χ1) is 22.7. The standard InChI is InChI=1S/C44H26O2/c45-43(27-22-24-42-36(25-27)30-12-2-1-11-29(30)35-16-6-10-20-41(35)46-42)28-21-23-34-33-15-5-9-19-39(33)44(40(34)26-28)37-17-7-3-13-31(37)32-14-4-8-18-38(32)44/h1-26H. The molecule has 2 aliphatic carbocycles. The van der Waals surface area contributed by atoms with Gasteiger partial charge in [-0.15, -0.1) is 0 Å². The number of carbonyl (C=O) groups is 1. The van der Waals surface area contributed by atoms with Gasteiger partial charge in [0.05, 0.1) is 5.41 Å². The average Bonchev–Trinajstić information content (AvgIpc) is 3.53. The molecule has 1 spiro atoms. The molecule has 0 saturated carbocycles. The highest BCUT2D eigenvalue weighted by Crippen LogP contribution is 2.62. The fraction of sp³-hybridized carbons (Fsp3) is 0.0227. The van der Waals surface area contributed by atoms with E-state index in [2.05, 4.69) is 103 Å². The lowest BCUT2D eigenvalue weighted by molar-refractivity contribution is 0.103. The number of para-hydroxylation sites is 1. The van der Waals surface area contributed by atoms with Crippen molar-refractivity contribution < 1.29 is 9.53 Å². The van der Waals surface area contributed by atoms with Gasteiger partial charge in [0.15, 0.2) is 5.78 Å². The first kappa shape index (κ1) is 25.3. The molecule has 0 aromatic heterocycles. The summed E-state index contributed by atoms with van der Waals surface area (Å²) in [4.78, 5) is 14.5. The highest BCUT2D eigenvalue weighted by molar-refractivity contribution is 6.11. The lowest BCUT2D eigenvalue weighted by atomic mass is 9.70. The predicted octanol–water partition coefficient (Wildman–Crippen LogP) is 10.7. The predicted molar refractivity (Wildman–Crippen MR) is 184 cm³/mol. The molecule has 0 N–H and O–H groups in total. The number of ketones is 1. The molecule has 0 fully saturated rings. The van der Waals surface area contributed by atoms with Gasteiger partial charge < -0.3 is 4.74 Å². The van der Waals surface area contributed by atoms with Gasteiger partial charge in [0.1, 0.15) is 11.5 Å². The van der Waals surface area contributed by atoms with Crippen molar-refractivity contribution in [3.05, 3.63) is 191 Å². The normalized spacial score (nSPS) is 13.7. The second kappa shape index (κ2) is 9.26. The second-order valence-corrected chi connectivity index (χ2v) is 12.3. The van der Waals surface area contributed by atoms with Crippen LogP contribution < -0.4 is 4.74 Å². The van der Waals surface area contributed by atoms with E-state index in [0.29, 0.717) is 11.1 Å². The number of ether oxygens (including phenoxy) is 1. The molecule has 7 aromatic carbocycles. The van der Waals surface area contributed by atoms with Crippen LogP contribution in [0.2, 0.25) is 0 Å². The number of hydrogen-bond acceptors (Lipinski definition) is 2. The average molecular weight is 587 g/mol. The third kappa shape index (κ3) is 3.23. The Morgan fingerprint density at radius 3 is 1.43 bits per heavy atom. The summed E-state index contributed by atoms with van der Waals surface area (Å²) in [5.41, 5.74) is 14.8. The van der Waals surface area contributed by atoms with Crippen molar-refractivity contribution >= 4 is 5.78 Å². The molecule has 2 heteroatoms. The van der Waals surface area contributed by atoms with Crippen molar-refractivity contribution in [2.75, 3.05) is 0 Å². The smallest absolute Gasteiger partial charge is 0.193 e. The van der Waals surface area contributed by atoms with Crippen LogP contribution in [0.5, 0.6) is 11.5 Å². The van der Waals surface area contributed by atoms with Gasteiger partial charge in [-0.25, -0.2) is 0 Å². The van der Waals surface area contributed by atoms with Gasteiger partial charge in [-0.3, -0.25) is 4.79 Å². The third-order valence-electron chi connectivity index (χ3n) is 10.1. The Morgan fingerprint density at radius 1 is 0.370 bits per heavy atom. The molecule has 0 bridgehead atoms. The fourth-order valence-electron chi connectivity index (χ4n) is 8.22. The number of hydrogen-bond donors (Lipinski definition) is 0. The van der Waals surface area contributed by atoms with Gasteiger partial charge in [-0.1, -0.05) is 127 Å². The molecule has 3 aliphatic rings. The van der Waals surface area contributed by atoms with Crippen LogP contribution in [0, 0.1) is 0 Å². The maximum atomic E-state index is 14.5. The van der Waals surface area contributed by atoms with Crippen LogP contribution in [0.3, 0.4) is 0 Å². The molecule has 0 saturated heterocycles. The topological polar surface area (TPSA) is 26.3 Å². The van der Waals surface area contributed by atoms with E-state index in [1.165, 1.54) is 38.9 Å². The van der Waals surface area contributed by atoms with E-state index in [-0.39, 0.29) is 5.78 Å². The number of benzene rings is 7. The van der Waals surface area contributed by atoms with Gasteiger partial charge in [0.2, 0.25) is 0 Å². The van der Waals surface area contributed by atoms with Crippen LogP contribution in [0.1, 0.15) is 38.2 Å². The van der Waals surface area contributed by atoms with Gasteiger partial charge in [0, 0.05) is 22.3 Å². The van der Waals surface area contributed by atoms with Gasteiger partial charge in [0.25, 0.3) is 0 Å². The van der Waals surface area contributed by atoms with Crippen molar-refractivity contribution in [1.29, 1.82) is 0 Å². The Balaban J connectivity index is 1.16. The van der Waals surface area contributed by atoms with Crippen LogP contribution in [0.15, 0.2) is 158 Å². The quantitative estimate of drug-likeness (QED) is 0.188. The van der Waals surface area contributed by atoms with E-state index in [0.717, 1.165) is 39.3 Å². The molecule has 0 amide bonds. The van der Waals surface area contributed by atoms with Gasteiger partial charge in [-0.05, 0) is 86.0 Å². The lowest BCUT2D eigenvalue weighted by Gasteiger charge is -2.30. The van der Waals surface area contributed by atoms with E-state index in [4.69, 9.17) is 4.74 Å². The van der Waals surface area contributed by atoms with E-state index in [1.54, 1.807) is 0 Å². The summed E-state index contributed by atoms with van der Waals surface area (Å²) in [6.45, 7) is 0. The van der Waals surface area contributed by atoms with Crippen molar-refractivity contribution in [2.24, 2.45) is 0 Å². The largest absolute Gasteiger partial charge is 0.456 e. The van der Waals surface area contributed by atoms with Crippen LogP contribution in [-0.4, -0.2) is 5.78 Å². The first-order valence-corrected chi connectivity index (χ1v) is 15.7. The number of fused-ring (bicyclic) bond motifs is 15. The molecule has 2 nitrogen and oxygen atoms in total. The monoisotopic (exact) mass is 586 g/mol. The SMILES string of the molecule is O=C(c1ccc2c(c1)-c1ccccc1-c1ccccc1O2)c1ccc2c(c1)C1(c3ccccc3-c3ccccc31)c1ccccc1-2. The minimum absolute atomic E-state index is 0.00415. The first-order valence-electron chi connectivity index (χ1n) is 15.7. The summed E-state index contributed by atoms with van der Waals surface area (Å²) < 4.78 is 6.44. The summed E-state index contributed by atoms with van der Waals surface area (Å²) in [6.07, 6.45) is 0. The van der Waals surface area contributed by atoms with E-state index in [9.17, 15) is 4.79 Å². The van der Waals surface area contributed by atoms with E-state index in [1.807, 2.05) is 54.6 Å². The van der Waals surface area contributed by atoms with Gasteiger partial charge >= 0.3 is 0 Å². The van der Waals surface area contributed by atoms with Crippen LogP contribution in [0.4, 0.5) is 0 Å². The Hall–Kier alpha value is -5.99. The zero-order chi connectivity index (χ0) is 30.4. The zero-order valence-electron chi connectivity index (χ0n) is 24.8. The second-order valence-electron chi connectivity index (χ2n) is 12.3. The van der Waals surface area contributed by atoms with Crippen LogP contribution in [0.25, 0.3) is 44.5 Å². The van der Waals surface area contributed by atoms with Crippen molar-refractivity contribution in [2.45, 2.75) is 5.41 Å². The molecular formula is C44H26O2. The molecule has 0 atom stereocenters. The molecule has 10 rings (SSSR count). The molecule has 0 radical (unpaired) electrons. The van der Waals surface area contributed by atoms with Crippen LogP contribution >= 0.6 is 0 Å². The third-order valence-corrected chi connectivity index (χ3v) is 10.1. The number of carbonyl (C=O) groups excluding carboxylic acids is 1. The Kier molecular flexibility index (Phi) is 5.10. The summed E-state index contributed by atoms with van der Waals surface area (Å²) in [7, 11) is 0. The molecular weight excluding hydrogens is 560 g/mol. The summed E-state index contributed by atoms with van der Waals surface area (Å²) in [6, 6.07) is 54.8. The highest BCUT2D eigenvalue weighted by Gasteiger charge is 2.51. The lowest BCUT2D eigenvalue weighted by Crippen LogP contribution is -2.26. The van der Waals surface area contributed by atoms with E-state index < -0.39 is 5.41 Å². The summed E-state index contributed by atoms with van der Waals surface area (Å²) in [5.74, 6) is 1.56. The minimum atomic E-state index is -0.484. The summed E-state index contributed by atoms with van der Waals surface area (Å²) in [5, 5.41) is 0. The Morgan fingerprint density at radius 2 is 0.804 bits per heavy atom. The van der Waals surface area contributed by atoms with Crippen molar-refractivity contribution in [3.63, 3.8) is 0 Å². The molecule has 46 heavy (non-hydrogen) atoms.